The van der Waals surface area contributed by atoms with E-state index >= 15 is 0 Å². The second kappa shape index (κ2) is 10.1. The number of aliphatic imine (C=N–C) groups is 1. The molecule has 2 heterocycles. The van der Waals surface area contributed by atoms with E-state index in [0.29, 0.717) is 22.9 Å². The number of piperazine rings is 1. The first kappa shape index (κ1) is 27.4. The number of alkyl halides is 6. The smallest absolute Gasteiger partial charge is 0.417 e. The van der Waals surface area contributed by atoms with Crippen LogP contribution in [0.2, 0.25) is 0 Å². The number of rotatable bonds is 2. The van der Waals surface area contributed by atoms with Gasteiger partial charge in [0.15, 0.2) is 5.75 Å². The summed E-state index contributed by atoms with van der Waals surface area (Å²) in [6, 6.07) is 12.0. The number of hydrogen-bond donors (Lipinski definition) is 0. The van der Waals surface area contributed by atoms with Gasteiger partial charge in [-0.15, -0.1) is 0 Å². The third-order valence-electron chi connectivity index (χ3n) is 6.81. The van der Waals surface area contributed by atoms with E-state index in [1.54, 1.807) is 30.0 Å². The highest BCUT2D eigenvalue weighted by Crippen LogP contribution is 2.43. The van der Waals surface area contributed by atoms with Crippen LogP contribution >= 0.6 is 0 Å². The van der Waals surface area contributed by atoms with Crippen molar-refractivity contribution in [2.75, 3.05) is 26.7 Å². The van der Waals surface area contributed by atoms with Gasteiger partial charge >= 0.3 is 12.4 Å². The molecule has 12 heteroatoms. The van der Waals surface area contributed by atoms with Crippen LogP contribution in [0.4, 0.5) is 32.0 Å². The summed E-state index contributed by atoms with van der Waals surface area (Å²) in [6.45, 7) is 2.06. The second-order valence-corrected chi connectivity index (χ2v) is 9.42. The van der Waals surface area contributed by atoms with Crippen LogP contribution in [0.5, 0.6) is 17.2 Å². The molecule has 40 heavy (non-hydrogen) atoms. The van der Waals surface area contributed by atoms with E-state index in [2.05, 4.69) is 4.99 Å². The van der Waals surface area contributed by atoms with Crippen LogP contribution in [0.1, 0.15) is 34.0 Å². The summed E-state index contributed by atoms with van der Waals surface area (Å²) >= 11 is 0. The Labute approximate surface area is 225 Å². The van der Waals surface area contributed by atoms with Gasteiger partial charge in [-0.3, -0.25) is 4.79 Å². The van der Waals surface area contributed by atoms with Crippen LogP contribution in [-0.2, 0) is 12.4 Å². The number of nitrogens with zero attached hydrogens (tertiary/aromatic N) is 3. The lowest BCUT2D eigenvalue weighted by Crippen LogP contribution is -2.55. The molecule has 5 rings (SSSR count). The highest BCUT2D eigenvalue weighted by molar-refractivity contribution is 6.04. The summed E-state index contributed by atoms with van der Waals surface area (Å²) in [5, 5.41) is 0. The summed E-state index contributed by atoms with van der Waals surface area (Å²) in [6.07, 6.45) is -9.29. The maximum Gasteiger partial charge on any atom is 0.417 e. The van der Waals surface area contributed by atoms with Gasteiger partial charge in [-0.25, -0.2) is 4.99 Å². The van der Waals surface area contributed by atoms with Crippen LogP contribution in [-0.4, -0.2) is 54.3 Å². The lowest BCUT2D eigenvalue weighted by atomic mass is 10.0. The molecule has 0 spiro atoms. The number of carbonyl (C=O) groups excluding carboxylic acids is 1. The van der Waals surface area contributed by atoms with Crippen molar-refractivity contribution in [2.24, 2.45) is 4.99 Å². The normalized spacial score (nSPS) is 17.3. The van der Waals surface area contributed by atoms with E-state index in [1.165, 1.54) is 30.2 Å². The molecule has 0 radical (unpaired) electrons. The number of carbonyl (C=O) groups is 1. The average molecular weight is 563 g/mol. The summed E-state index contributed by atoms with van der Waals surface area (Å²) in [5.74, 6) is 0.459. The molecule has 1 saturated heterocycles. The molecule has 0 unspecified atom stereocenters. The minimum absolute atomic E-state index is 0.0368. The molecule has 1 amide bonds. The number of amidine groups is 1. The molecule has 0 bridgehead atoms. The van der Waals surface area contributed by atoms with Crippen molar-refractivity contribution in [1.82, 2.24) is 9.80 Å². The van der Waals surface area contributed by atoms with E-state index in [1.807, 2.05) is 0 Å². The van der Waals surface area contributed by atoms with Crippen molar-refractivity contribution in [1.29, 1.82) is 0 Å². The number of hydrogen-bond acceptors (Lipinski definition) is 5. The topological polar surface area (TPSA) is 54.4 Å². The molecule has 0 saturated carbocycles. The zero-order chi connectivity index (χ0) is 28.8. The number of fused-ring (bicyclic) bond motifs is 2. The van der Waals surface area contributed by atoms with Gasteiger partial charge in [0, 0.05) is 25.7 Å². The summed E-state index contributed by atoms with van der Waals surface area (Å²) in [7, 11) is 1.46. The predicted octanol–water partition coefficient (Wildman–Crippen LogP) is 6.76. The molecule has 2 aliphatic rings. The quantitative estimate of drug-likeness (QED) is 0.323. The Hall–Kier alpha value is -4.22. The van der Waals surface area contributed by atoms with Crippen molar-refractivity contribution in [3.05, 3.63) is 82.9 Å². The number of amides is 1. The fourth-order valence-corrected chi connectivity index (χ4v) is 4.82. The maximum absolute atomic E-state index is 13.6. The maximum atomic E-state index is 13.6. The molecule has 1 fully saturated rings. The molecule has 0 aliphatic carbocycles. The van der Waals surface area contributed by atoms with Gasteiger partial charge < -0.3 is 19.3 Å². The van der Waals surface area contributed by atoms with Gasteiger partial charge in [0.25, 0.3) is 5.91 Å². The first-order chi connectivity index (χ1) is 18.9. The Morgan fingerprint density at radius 1 is 0.950 bits per heavy atom. The fraction of sp³-hybridized carbons (Fsp3) is 0.286. The fourth-order valence-electron chi connectivity index (χ4n) is 4.82. The van der Waals surface area contributed by atoms with Crippen LogP contribution < -0.4 is 9.47 Å². The van der Waals surface area contributed by atoms with Crippen LogP contribution in [0.15, 0.2) is 65.7 Å². The SMILES string of the molecule is COc1ccc2c(c1)C(N1CCN(C(=O)c3ccccc3C(F)(F)F)[C@@H](C)C1)=Nc1cc(C(F)(F)F)ccc1O2. The molecule has 210 valence electrons. The Morgan fingerprint density at radius 2 is 1.68 bits per heavy atom. The lowest BCUT2D eigenvalue weighted by molar-refractivity contribution is -0.138. The Kier molecular flexibility index (Phi) is 6.89. The van der Waals surface area contributed by atoms with Crippen molar-refractivity contribution in [3.8, 4) is 17.2 Å². The molecule has 1 atom stereocenters. The van der Waals surface area contributed by atoms with Crippen LogP contribution in [0.25, 0.3) is 0 Å². The summed E-state index contributed by atoms with van der Waals surface area (Å²) in [4.78, 5) is 20.9. The van der Waals surface area contributed by atoms with Gasteiger partial charge in [-0.05, 0) is 55.5 Å². The predicted molar refractivity (Wildman–Crippen MR) is 134 cm³/mol. The Bertz CT molecular complexity index is 1480. The van der Waals surface area contributed by atoms with Crippen LogP contribution in [0, 0.1) is 0 Å². The van der Waals surface area contributed by atoms with E-state index in [4.69, 9.17) is 9.47 Å². The molecule has 3 aromatic rings. The number of methoxy groups -OCH3 is 1. The van der Waals surface area contributed by atoms with Gasteiger partial charge in [-0.1, -0.05) is 12.1 Å². The number of halogens is 6. The second-order valence-electron chi connectivity index (χ2n) is 9.42. The third kappa shape index (κ3) is 5.17. The highest BCUT2D eigenvalue weighted by atomic mass is 19.4. The molecule has 2 aliphatic heterocycles. The summed E-state index contributed by atoms with van der Waals surface area (Å²) in [5.41, 5.74) is -1.94. The largest absolute Gasteiger partial charge is 0.497 e. The first-order valence-electron chi connectivity index (χ1n) is 12.2. The molecular formula is C28H23F6N3O3. The molecule has 0 N–H and O–H groups in total. The van der Waals surface area contributed by atoms with Gasteiger partial charge in [0.1, 0.15) is 23.0 Å². The van der Waals surface area contributed by atoms with E-state index in [9.17, 15) is 31.1 Å². The summed E-state index contributed by atoms with van der Waals surface area (Å²) < 4.78 is 92.3. The van der Waals surface area contributed by atoms with E-state index in [0.717, 1.165) is 24.3 Å². The standard InChI is InChI=1S/C28H23F6N3O3/c1-16-15-36(11-12-37(16)26(38)19-5-3-4-6-21(19)28(32,33)34)25-20-14-18(39-2)8-10-23(20)40-24-9-7-17(27(29,30)31)13-22(24)35-25/h3-10,13-14,16H,11-12,15H2,1-2H3/t16-/m0/s1. The van der Waals surface area contributed by atoms with Crippen molar-refractivity contribution in [2.45, 2.75) is 25.3 Å². The van der Waals surface area contributed by atoms with Crippen molar-refractivity contribution >= 4 is 17.4 Å². The molecule has 6 nitrogen and oxygen atoms in total. The van der Waals surface area contributed by atoms with Crippen molar-refractivity contribution < 1.29 is 40.6 Å². The Balaban J connectivity index is 1.50. The average Bonchev–Trinajstić information content (AvgIpc) is 3.07. The van der Waals surface area contributed by atoms with E-state index in [-0.39, 0.29) is 31.1 Å². The van der Waals surface area contributed by atoms with Crippen LogP contribution in [0.3, 0.4) is 0 Å². The minimum atomic E-state index is -4.70. The lowest BCUT2D eigenvalue weighted by Gasteiger charge is -2.41. The van der Waals surface area contributed by atoms with Crippen molar-refractivity contribution in [3.63, 3.8) is 0 Å². The highest BCUT2D eigenvalue weighted by Gasteiger charge is 2.39. The van der Waals surface area contributed by atoms with Gasteiger partial charge in [0.05, 0.1) is 29.4 Å². The Morgan fingerprint density at radius 3 is 2.35 bits per heavy atom. The molecular weight excluding hydrogens is 540 g/mol. The van der Waals surface area contributed by atoms with Gasteiger partial charge in [0.2, 0.25) is 0 Å². The number of ether oxygens (including phenoxy) is 2. The number of benzene rings is 3. The molecule has 0 aromatic heterocycles. The third-order valence-corrected chi connectivity index (χ3v) is 6.81. The zero-order valence-corrected chi connectivity index (χ0v) is 21.3. The van der Waals surface area contributed by atoms with Gasteiger partial charge in [-0.2, -0.15) is 26.3 Å². The minimum Gasteiger partial charge on any atom is -0.497 e. The van der Waals surface area contributed by atoms with E-state index < -0.39 is 41.0 Å². The zero-order valence-electron chi connectivity index (χ0n) is 21.3. The molecule has 3 aromatic carbocycles. The first-order valence-corrected chi connectivity index (χ1v) is 12.2. The monoisotopic (exact) mass is 563 g/mol.